The molecule has 4 aromatic carbocycles. The summed E-state index contributed by atoms with van der Waals surface area (Å²) in [6.45, 7) is 11.2. The normalized spacial score (nSPS) is 11.4. The van der Waals surface area contributed by atoms with Gasteiger partial charge in [-0.25, -0.2) is 9.97 Å². The van der Waals surface area contributed by atoms with E-state index >= 15 is 0 Å². The molecule has 0 N–H and O–H groups in total. The Morgan fingerprint density at radius 2 is 0.962 bits per heavy atom. The molecule has 270 valence electrons. The van der Waals surface area contributed by atoms with Crippen molar-refractivity contribution >= 4 is 70.0 Å². The van der Waals surface area contributed by atoms with E-state index in [-0.39, 0.29) is 0 Å². The number of unbranched alkanes of at least 4 members (excludes halogenated alkanes) is 3. The van der Waals surface area contributed by atoms with Crippen molar-refractivity contribution in [2.45, 2.75) is 86.5 Å². The number of aryl methyl sites for hydroxylation is 2. The van der Waals surface area contributed by atoms with Crippen molar-refractivity contribution in [1.82, 2.24) is 9.97 Å². The van der Waals surface area contributed by atoms with Crippen molar-refractivity contribution in [3.05, 3.63) is 159 Å². The van der Waals surface area contributed by atoms with Gasteiger partial charge in [0.1, 0.15) is 5.15 Å². The van der Waals surface area contributed by atoms with Gasteiger partial charge in [0.2, 0.25) is 0 Å². The van der Waals surface area contributed by atoms with Crippen LogP contribution in [0.15, 0.2) is 125 Å². The summed E-state index contributed by atoms with van der Waals surface area (Å²) in [6, 6.07) is 41.4. The third kappa shape index (κ3) is 13.4. The quantitative estimate of drug-likeness (QED) is 0.0857. The molecule has 6 aromatic rings. The van der Waals surface area contributed by atoms with E-state index in [1.165, 1.54) is 71.6 Å². The standard InChI is InChI=1S/C18H15N.C10H8ClN.C8H7.3C4H9.Sn/c1-14-13-16(12-11-15-7-3-2-4-8-15)19-18-10-6-5-9-17(14)18;1-7-6-10(11)12-9-5-3-2-4-8(7)9;1-2-8-6-4-3-5-7-8;3*1-3-4-2;/h2-13H,1H3;2-6H,1H3;1-7H;3*1,3-4H2,2H3;/b12-11+;;;;;;. The second-order valence-corrected chi connectivity index (χ2v) is 27.2. The van der Waals surface area contributed by atoms with Crippen LogP contribution in [0.25, 0.3) is 40.0 Å². The summed E-state index contributed by atoms with van der Waals surface area (Å²) in [7, 11) is 0. The minimum atomic E-state index is -2.07. The Labute approximate surface area is 323 Å². The number of para-hydroxylation sites is 2. The van der Waals surface area contributed by atoms with E-state index in [9.17, 15) is 0 Å². The Morgan fingerprint density at radius 3 is 1.48 bits per heavy atom. The van der Waals surface area contributed by atoms with Gasteiger partial charge in [0.25, 0.3) is 0 Å². The average molecular weight is 816 g/mol. The van der Waals surface area contributed by atoms with E-state index in [0.29, 0.717) is 5.15 Å². The first-order valence-electron chi connectivity index (χ1n) is 19.2. The van der Waals surface area contributed by atoms with Crippen LogP contribution >= 0.6 is 11.6 Å². The molecule has 0 aliphatic rings. The molecule has 0 spiro atoms. The van der Waals surface area contributed by atoms with E-state index in [0.717, 1.165) is 16.7 Å². The minimum absolute atomic E-state index is 0.561. The second kappa shape index (κ2) is 22.4. The number of fused-ring (bicyclic) bond motifs is 2. The van der Waals surface area contributed by atoms with Crippen LogP contribution in [0.2, 0.25) is 18.5 Å². The van der Waals surface area contributed by atoms with Crippen molar-refractivity contribution in [2.24, 2.45) is 0 Å². The number of halogens is 1. The zero-order valence-corrected chi connectivity index (χ0v) is 35.6. The monoisotopic (exact) mass is 816 g/mol. The fourth-order valence-corrected chi connectivity index (χ4v) is 21.0. The van der Waals surface area contributed by atoms with Crippen LogP contribution < -0.4 is 0 Å². The Kier molecular flexibility index (Phi) is 17.6. The van der Waals surface area contributed by atoms with Gasteiger partial charge >= 0.3 is 137 Å². The number of hydrogen-bond donors (Lipinski definition) is 0. The van der Waals surface area contributed by atoms with Crippen molar-refractivity contribution in [2.75, 3.05) is 0 Å². The zero-order valence-electron chi connectivity index (χ0n) is 32.0. The minimum Gasteiger partial charge on any atom is -0.248 e. The fraction of sp³-hybridized carbons (Fsp3) is 0.292. The molecule has 0 radical (unpaired) electrons. The molecule has 6 rings (SSSR count). The number of pyridine rings is 2. The molecule has 0 aliphatic heterocycles. The molecule has 2 heterocycles. The SMILES string of the molecule is CCC[CH2][Sn](/[CH]=C/c1ccccc1)([CH2]CCC)[CH2]CCC.Cc1cc(/C=C/c2ccccc2)nc2ccccc12.Cc1cc(Cl)nc2ccccc12. The maximum atomic E-state index is 5.81. The summed E-state index contributed by atoms with van der Waals surface area (Å²) in [4.78, 5) is 8.87. The summed E-state index contributed by atoms with van der Waals surface area (Å²) >= 11 is 3.75. The zero-order chi connectivity index (χ0) is 37.0. The molecule has 0 amide bonds. The third-order valence-electron chi connectivity index (χ3n) is 9.59. The van der Waals surface area contributed by atoms with E-state index in [4.69, 9.17) is 11.6 Å². The molecule has 2 nitrogen and oxygen atoms in total. The van der Waals surface area contributed by atoms with Crippen LogP contribution in [0, 0.1) is 13.8 Å². The van der Waals surface area contributed by atoms with Crippen LogP contribution in [-0.2, 0) is 0 Å². The summed E-state index contributed by atoms with van der Waals surface area (Å²) in [5, 5.41) is 2.95. The molecule has 0 aliphatic carbocycles. The Bertz CT molecular complexity index is 1960. The smallest absolute Gasteiger partial charge is 0.130 e. The Balaban J connectivity index is 0.000000180. The number of aromatic nitrogens is 2. The molecule has 4 heteroatoms. The average Bonchev–Trinajstić information content (AvgIpc) is 3.18. The van der Waals surface area contributed by atoms with E-state index in [2.05, 4.69) is 127 Å². The maximum Gasteiger partial charge on any atom is 0.130 e. The first-order chi connectivity index (χ1) is 25.4. The van der Waals surface area contributed by atoms with Crippen LogP contribution in [0.4, 0.5) is 0 Å². The van der Waals surface area contributed by atoms with Crippen molar-refractivity contribution in [3.8, 4) is 0 Å². The molecule has 0 fully saturated rings. The van der Waals surface area contributed by atoms with Gasteiger partial charge in [-0.3, -0.25) is 0 Å². The molecular weight excluding hydrogens is 759 g/mol. The maximum absolute atomic E-state index is 5.81. The van der Waals surface area contributed by atoms with Crippen LogP contribution in [0.5, 0.6) is 0 Å². The fourth-order valence-electron chi connectivity index (χ4n) is 6.56. The van der Waals surface area contributed by atoms with Crippen LogP contribution in [0.1, 0.15) is 87.2 Å². The number of rotatable bonds is 13. The predicted octanol–water partition coefficient (Wildman–Crippen LogP) is 15.0. The molecule has 2 aromatic heterocycles. The molecule has 0 saturated carbocycles. The molecule has 0 unspecified atom stereocenters. The van der Waals surface area contributed by atoms with E-state index in [1.54, 1.807) is 13.3 Å². The summed E-state index contributed by atoms with van der Waals surface area (Å²) in [5.41, 5.74) is 8.03. The molecule has 0 atom stereocenters. The topological polar surface area (TPSA) is 25.8 Å². The Hall–Kier alpha value is -3.73. The van der Waals surface area contributed by atoms with Gasteiger partial charge in [-0.15, -0.1) is 0 Å². The number of nitrogens with zero attached hydrogens (tertiary/aromatic N) is 2. The summed E-state index contributed by atoms with van der Waals surface area (Å²) in [5.74, 6) is 0. The van der Waals surface area contributed by atoms with Gasteiger partial charge in [-0.2, -0.15) is 0 Å². The molecule has 0 saturated heterocycles. The Morgan fingerprint density at radius 1 is 0.519 bits per heavy atom. The second-order valence-electron chi connectivity index (χ2n) is 13.8. The first kappa shape index (κ1) is 41.0. The number of benzene rings is 4. The van der Waals surface area contributed by atoms with Gasteiger partial charge in [0, 0.05) is 10.8 Å². The molecular formula is C48H57ClN2Sn. The predicted molar refractivity (Wildman–Crippen MR) is 234 cm³/mol. The van der Waals surface area contributed by atoms with Gasteiger partial charge in [-0.1, -0.05) is 84.4 Å². The van der Waals surface area contributed by atoms with Crippen LogP contribution in [0.3, 0.4) is 0 Å². The van der Waals surface area contributed by atoms with E-state index in [1.807, 2.05) is 61.5 Å². The van der Waals surface area contributed by atoms with E-state index < -0.39 is 18.4 Å². The van der Waals surface area contributed by atoms with Crippen molar-refractivity contribution < 1.29 is 0 Å². The largest absolute Gasteiger partial charge is 0.248 e. The van der Waals surface area contributed by atoms with Crippen molar-refractivity contribution in [1.29, 1.82) is 0 Å². The van der Waals surface area contributed by atoms with Crippen molar-refractivity contribution in [3.63, 3.8) is 0 Å². The number of hydrogen-bond acceptors (Lipinski definition) is 2. The third-order valence-corrected chi connectivity index (χ3v) is 23.8. The first-order valence-corrected chi connectivity index (χ1v) is 27.3. The van der Waals surface area contributed by atoms with Gasteiger partial charge in [-0.05, 0) is 60.9 Å². The summed E-state index contributed by atoms with van der Waals surface area (Å²) < 4.78 is 7.45. The van der Waals surface area contributed by atoms with Gasteiger partial charge in [0.15, 0.2) is 0 Å². The van der Waals surface area contributed by atoms with Crippen LogP contribution in [-0.4, -0.2) is 28.3 Å². The van der Waals surface area contributed by atoms with Gasteiger partial charge < -0.3 is 0 Å². The summed E-state index contributed by atoms with van der Waals surface area (Å²) in [6.07, 6.45) is 15.0. The van der Waals surface area contributed by atoms with Gasteiger partial charge in [0.05, 0.1) is 16.7 Å². The molecule has 0 bridgehead atoms. The molecule has 52 heavy (non-hydrogen) atoms.